The average molecular weight is 419 g/mol. The smallest absolute Gasteiger partial charge is 0.283 e. The number of sulfonamides is 1. The Labute approximate surface area is 173 Å². The molecule has 0 bridgehead atoms. The van der Waals surface area contributed by atoms with Crippen molar-refractivity contribution in [2.45, 2.75) is 11.4 Å². The van der Waals surface area contributed by atoms with Crippen LogP contribution in [0.4, 0.5) is 0 Å². The van der Waals surface area contributed by atoms with Crippen LogP contribution in [0.25, 0.3) is 11.5 Å². The molecule has 1 aliphatic carbocycles. The van der Waals surface area contributed by atoms with Crippen molar-refractivity contribution in [3.05, 3.63) is 97.1 Å². The number of carbonyl (C=O) groups is 1. The van der Waals surface area contributed by atoms with E-state index in [1.165, 1.54) is 22.8 Å². The van der Waals surface area contributed by atoms with E-state index in [9.17, 15) is 18.3 Å². The average Bonchev–Trinajstić information content (AvgIpc) is 3.21. The van der Waals surface area contributed by atoms with Crippen LogP contribution < -0.4 is 9.67 Å². The van der Waals surface area contributed by atoms with Gasteiger partial charge in [-0.3, -0.25) is 4.79 Å². The molecule has 0 saturated carbocycles. The monoisotopic (exact) mass is 419 g/mol. The number of hydrogen-bond donors (Lipinski definition) is 0. The first-order chi connectivity index (χ1) is 14.4. The predicted molar refractivity (Wildman–Crippen MR) is 110 cm³/mol. The number of rotatable bonds is 5. The van der Waals surface area contributed by atoms with Gasteiger partial charge in [0.05, 0.1) is 4.90 Å². The highest BCUT2D eigenvalue weighted by molar-refractivity contribution is 7.90. The second kappa shape index (κ2) is 7.57. The molecule has 0 radical (unpaired) electrons. The first-order valence-electron chi connectivity index (χ1n) is 9.06. The van der Waals surface area contributed by atoms with Gasteiger partial charge in [-0.1, -0.05) is 55.1 Å². The van der Waals surface area contributed by atoms with Crippen LogP contribution in [0.2, 0.25) is 0 Å². The fourth-order valence-electron chi connectivity index (χ4n) is 3.22. The van der Waals surface area contributed by atoms with Crippen molar-refractivity contribution in [1.29, 1.82) is 0 Å². The summed E-state index contributed by atoms with van der Waals surface area (Å²) in [6.07, 6.45) is 6.52. The van der Waals surface area contributed by atoms with E-state index in [1.54, 1.807) is 65.8 Å². The number of carbonyl (C=O) groups excluding carboxylic acids is 1. The molecule has 7 nitrogen and oxygen atoms in total. The summed E-state index contributed by atoms with van der Waals surface area (Å²) in [4.78, 5) is 13.1. The second-order valence-corrected chi connectivity index (χ2v) is 8.19. The summed E-state index contributed by atoms with van der Waals surface area (Å²) < 4.78 is 32.7. The molecule has 1 aromatic heterocycles. The topological polar surface area (TPSA) is 95.4 Å². The van der Waals surface area contributed by atoms with Gasteiger partial charge in [-0.25, -0.2) is 9.13 Å². The van der Waals surface area contributed by atoms with Crippen molar-refractivity contribution in [3.63, 3.8) is 0 Å². The van der Waals surface area contributed by atoms with Crippen molar-refractivity contribution in [2.75, 3.05) is 0 Å². The van der Waals surface area contributed by atoms with Crippen LogP contribution in [0.3, 0.4) is 0 Å². The highest BCUT2D eigenvalue weighted by Gasteiger charge is 2.33. The molecule has 0 aliphatic heterocycles. The van der Waals surface area contributed by atoms with E-state index in [0.717, 1.165) is 0 Å². The maximum atomic E-state index is 13.2. The molecule has 150 valence electrons. The normalized spacial score (nSPS) is 15.3. The zero-order chi connectivity index (χ0) is 21.3. The van der Waals surface area contributed by atoms with Crippen LogP contribution in [0.5, 0.6) is 0 Å². The van der Waals surface area contributed by atoms with Crippen LogP contribution >= 0.6 is 0 Å². The van der Waals surface area contributed by atoms with E-state index >= 15 is 0 Å². The number of ketones is 1. The Hall–Kier alpha value is -3.78. The lowest BCUT2D eigenvalue weighted by Crippen LogP contribution is -2.32. The zero-order valence-electron chi connectivity index (χ0n) is 15.8. The van der Waals surface area contributed by atoms with E-state index in [-0.39, 0.29) is 21.7 Å². The Kier molecular flexibility index (Phi) is 4.93. The molecule has 4 rings (SSSR count). The Morgan fingerprint density at radius 1 is 1.07 bits per heavy atom. The van der Waals surface area contributed by atoms with E-state index < -0.39 is 27.3 Å². The van der Waals surface area contributed by atoms with E-state index in [1.807, 2.05) is 0 Å². The summed E-state index contributed by atoms with van der Waals surface area (Å²) in [5, 5.41) is 13.2. The standard InChI is InChI=1S/C22H17N3O4S/c1-2-12-24-13-14-25(15-24)20-19(23-30(28,29)16-8-4-3-5-9-16)21(26)17-10-6-7-11-18(17)22(20)27/h2-11,13-15H,1,12H2. The molecule has 0 fully saturated rings. The van der Waals surface area contributed by atoms with Gasteiger partial charge in [0, 0.05) is 5.56 Å². The van der Waals surface area contributed by atoms with Crippen LogP contribution in [0, 0.1) is 0 Å². The Morgan fingerprint density at radius 3 is 2.43 bits per heavy atom. The number of allylic oxidation sites excluding steroid dienone is 2. The summed E-state index contributed by atoms with van der Waals surface area (Å²) in [6, 6.07) is 13.9. The van der Waals surface area contributed by atoms with Crippen molar-refractivity contribution in [2.24, 2.45) is 4.40 Å². The van der Waals surface area contributed by atoms with Gasteiger partial charge < -0.3 is 5.11 Å². The van der Waals surface area contributed by atoms with E-state index in [4.69, 9.17) is 0 Å². The zero-order valence-corrected chi connectivity index (χ0v) is 16.6. The van der Waals surface area contributed by atoms with Crippen LogP contribution in [-0.4, -0.2) is 24.5 Å². The van der Waals surface area contributed by atoms with Crippen molar-refractivity contribution in [1.82, 2.24) is 4.57 Å². The van der Waals surface area contributed by atoms with E-state index in [0.29, 0.717) is 6.54 Å². The summed E-state index contributed by atoms with van der Waals surface area (Å²) in [5.74, 6) is -1.10. The number of Topliss-reactive ketones (excluding diaryl/α,β-unsaturated/α-hetero) is 1. The summed E-state index contributed by atoms with van der Waals surface area (Å²) in [5.41, 5.74) is -0.193. The molecule has 2 aromatic carbocycles. The molecule has 0 spiro atoms. The minimum absolute atomic E-state index is 0.0646. The molecule has 3 aromatic rings. The molecule has 1 heterocycles. The molecule has 0 amide bonds. The Balaban J connectivity index is 1.96. The minimum atomic E-state index is -4.21. The fourth-order valence-corrected chi connectivity index (χ4v) is 4.24. The van der Waals surface area contributed by atoms with Gasteiger partial charge in [0.15, 0.2) is 11.4 Å². The van der Waals surface area contributed by atoms with Gasteiger partial charge in [0.25, 0.3) is 10.0 Å². The van der Waals surface area contributed by atoms with Crippen LogP contribution in [0.15, 0.2) is 95.3 Å². The number of hydrogen-bond acceptors (Lipinski definition) is 4. The molecule has 0 atom stereocenters. The molecular formula is C22H17N3O4S. The third-order valence-electron chi connectivity index (χ3n) is 4.61. The van der Waals surface area contributed by atoms with Gasteiger partial charge in [-0.2, -0.15) is 12.8 Å². The summed E-state index contributed by atoms with van der Waals surface area (Å²) in [7, 11) is -4.21. The second-order valence-electron chi connectivity index (χ2n) is 6.59. The quantitative estimate of drug-likeness (QED) is 0.464. The highest BCUT2D eigenvalue weighted by atomic mass is 32.2. The predicted octanol–water partition coefficient (Wildman–Crippen LogP) is 1.67. The maximum absolute atomic E-state index is 13.2. The van der Waals surface area contributed by atoms with Crippen LogP contribution in [-0.2, 0) is 16.6 Å². The number of nitrogens with zero attached hydrogens (tertiary/aromatic N) is 3. The lowest BCUT2D eigenvalue weighted by molar-refractivity contribution is -0.686. The van der Waals surface area contributed by atoms with Crippen molar-refractivity contribution < 1.29 is 22.9 Å². The summed E-state index contributed by atoms with van der Waals surface area (Å²) in [6.45, 7) is 4.15. The number of imidazole rings is 1. The lowest BCUT2D eigenvalue weighted by Gasteiger charge is -2.24. The minimum Gasteiger partial charge on any atom is -0.869 e. The highest BCUT2D eigenvalue weighted by Crippen LogP contribution is 2.30. The SMILES string of the molecule is C=CC[n+]1ccn(C2=C([O-])c3ccccc3C(=O)C2=NS(=O)(=O)c2ccccc2)c1. The molecule has 0 saturated heterocycles. The fraction of sp³-hybridized carbons (Fsp3) is 0.0455. The molecule has 8 heteroatoms. The van der Waals surface area contributed by atoms with Gasteiger partial charge in [-0.15, -0.1) is 0 Å². The Bertz CT molecular complexity index is 1320. The van der Waals surface area contributed by atoms with Crippen molar-refractivity contribution >= 4 is 33.0 Å². The third-order valence-corrected chi connectivity index (χ3v) is 5.90. The first-order valence-corrected chi connectivity index (χ1v) is 10.5. The molecule has 0 unspecified atom stereocenters. The van der Waals surface area contributed by atoms with Gasteiger partial charge in [-0.05, 0) is 23.5 Å². The summed E-state index contributed by atoms with van der Waals surface area (Å²) >= 11 is 0. The molecule has 1 aliphatic rings. The Morgan fingerprint density at radius 2 is 1.73 bits per heavy atom. The van der Waals surface area contributed by atoms with Crippen molar-refractivity contribution in [3.8, 4) is 0 Å². The molecule has 0 N–H and O–H groups in total. The number of benzene rings is 2. The van der Waals surface area contributed by atoms with Gasteiger partial charge in [0.1, 0.15) is 18.9 Å². The maximum Gasteiger partial charge on any atom is 0.283 e. The molecule has 30 heavy (non-hydrogen) atoms. The third kappa shape index (κ3) is 3.37. The van der Waals surface area contributed by atoms with Crippen LogP contribution in [0.1, 0.15) is 15.9 Å². The largest absolute Gasteiger partial charge is 0.869 e. The molecular weight excluding hydrogens is 402 g/mol. The van der Waals surface area contributed by atoms with E-state index in [2.05, 4.69) is 11.0 Å². The number of aromatic nitrogens is 2. The van der Waals surface area contributed by atoms with Gasteiger partial charge >= 0.3 is 0 Å². The van der Waals surface area contributed by atoms with Gasteiger partial charge in [0.2, 0.25) is 12.1 Å². The number of fused-ring (bicyclic) bond motifs is 1. The lowest BCUT2D eigenvalue weighted by atomic mass is 9.91. The first kappa shape index (κ1) is 19.5.